The third kappa shape index (κ3) is 25.2. The van der Waals surface area contributed by atoms with Crippen molar-refractivity contribution in [1.82, 2.24) is 0 Å². The Kier molecular flexibility index (Phi) is 21.9. The largest absolute Gasteiger partial charge is 0.0856 e. The minimum Gasteiger partial charge on any atom is -0.0856 e. The first kappa shape index (κ1) is 36.9. The summed E-state index contributed by atoms with van der Waals surface area (Å²) < 4.78 is 0. The summed E-state index contributed by atoms with van der Waals surface area (Å²) in [7, 11) is 0. The normalized spacial score (nSPS) is 14.8. The number of hydrogen-bond acceptors (Lipinski definition) is 0. The molecule has 0 aromatic carbocycles. The first-order valence-electron chi connectivity index (χ1n) is 15.0. The fourth-order valence-corrected chi connectivity index (χ4v) is 3.65. The minimum atomic E-state index is 1.11. The highest BCUT2D eigenvalue weighted by atomic mass is 14.0. The summed E-state index contributed by atoms with van der Waals surface area (Å²) >= 11 is 0. The molecule has 0 N–H and O–H groups in total. The fraction of sp³-hybridized carbons (Fsp3) is 0.400. The van der Waals surface area contributed by atoms with Crippen LogP contribution in [0.5, 0.6) is 0 Å². The van der Waals surface area contributed by atoms with Crippen molar-refractivity contribution in [2.75, 3.05) is 0 Å². The molecular weight excluding hydrogens is 480 g/mol. The average Bonchev–Trinajstić information content (AvgIpc) is 2.86. The highest BCUT2D eigenvalue weighted by Gasteiger charge is 1.91. The van der Waals surface area contributed by atoms with E-state index < -0.39 is 0 Å². The molecule has 0 aliphatic rings. The predicted octanol–water partition coefficient (Wildman–Crippen LogP) is 13.2. The van der Waals surface area contributed by atoms with Crippen LogP contribution in [0.25, 0.3) is 0 Å². The van der Waals surface area contributed by atoms with E-state index in [0.717, 1.165) is 32.1 Å². The van der Waals surface area contributed by atoms with Crippen molar-refractivity contribution < 1.29 is 0 Å². The molecule has 0 spiro atoms. The number of rotatable bonds is 17. The lowest BCUT2D eigenvalue weighted by Crippen LogP contribution is -1.80. The topological polar surface area (TPSA) is 0 Å². The van der Waals surface area contributed by atoms with E-state index in [0.29, 0.717) is 0 Å². The van der Waals surface area contributed by atoms with Crippen molar-refractivity contribution in [3.05, 3.63) is 142 Å². The Morgan fingerprint density at radius 1 is 0.350 bits per heavy atom. The molecule has 0 nitrogen and oxygen atoms in total. The first-order valence-corrected chi connectivity index (χ1v) is 15.0. The molecule has 0 aliphatic carbocycles. The van der Waals surface area contributed by atoms with Crippen molar-refractivity contribution in [3.63, 3.8) is 0 Å². The van der Waals surface area contributed by atoms with Gasteiger partial charge in [0.1, 0.15) is 0 Å². The fourth-order valence-electron chi connectivity index (χ4n) is 3.65. The van der Waals surface area contributed by atoms with E-state index in [9.17, 15) is 0 Å². The zero-order valence-electron chi connectivity index (χ0n) is 27.5. The maximum absolute atomic E-state index is 2.39. The molecule has 0 bridgehead atoms. The molecule has 0 amide bonds. The smallest absolute Gasteiger partial charge is 0.0285 e. The van der Waals surface area contributed by atoms with Crippen molar-refractivity contribution >= 4 is 0 Å². The van der Waals surface area contributed by atoms with E-state index in [1.54, 1.807) is 0 Å². The Morgan fingerprint density at radius 2 is 0.675 bits per heavy atom. The maximum Gasteiger partial charge on any atom is -0.0285 e. The van der Waals surface area contributed by atoms with E-state index in [1.807, 2.05) is 0 Å². The van der Waals surface area contributed by atoms with Gasteiger partial charge in [0.25, 0.3) is 0 Å². The SMILES string of the molecule is CC(C)=CCC/C(C)=C/C=C/C(C)=C\C=C\C(C)=C/C=C/C=C(C)\C=C\C=C(/C)CC/C=C(\C)CCC=C(C)C. The van der Waals surface area contributed by atoms with Crippen LogP contribution >= 0.6 is 0 Å². The highest BCUT2D eigenvalue weighted by molar-refractivity contribution is 5.31. The zero-order valence-corrected chi connectivity index (χ0v) is 27.5. The van der Waals surface area contributed by atoms with Crippen LogP contribution in [0, 0.1) is 0 Å². The van der Waals surface area contributed by atoms with Crippen LogP contribution in [0.1, 0.15) is 108 Å². The third-order valence-electron chi connectivity index (χ3n) is 6.24. The van der Waals surface area contributed by atoms with Gasteiger partial charge < -0.3 is 0 Å². The predicted molar refractivity (Wildman–Crippen MR) is 186 cm³/mol. The van der Waals surface area contributed by atoms with Crippen LogP contribution in [0.3, 0.4) is 0 Å². The van der Waals surface area contributed by atoms with Crippen molar-refractivity contribution in [3.8, 4) is 0 Å². The Labute approximate surface area is 249 Å². The molecule has 0 rings (SSSR count). The van der Waals surface area contributed by atoms with Crippen LogP contribution in [0.15, 0.2) is 142 Å². The molecule has 0 aliphatic heterocycles. The summed E-state index contributed by atoms with van der Waals surface area (Å²) in [5, 5.41) is 0. The van der Waals surface area contributed by atoms with Crippen molar-refractivity contribution in [2.45, 2.75) is 108 Å². The Bertz CT molecular complexity index is 1100. The molecular formula is C40H58. The molecule has 0 saturated heterocycles. The molecule has 218 valence electrons. The van der Waals surface area contributed by atoms with E-state index in [1.165, 1.54) is 51.0 Å². The molecule has 0 aromatic rings. The maximum atomic E-state index is 2.39. The summed E-state index contributed by atoms with van der Waals surface area (Å²) in [5.74, 6) is 0. The van der Waals surface area contributed by atoms with Crippen LogP contribution in [-0.4, -0.2) is 0 Å². The number of hydrogen-bond donors (Lipinski definition) is 0. The quantitative estimate of drug-likeness (QED) is 0.128. The van der Waals surface area contributed by atoms with Gasteiger partial charge in [0.2, 0.25) is 0 Å². The monoisotopic (exact) mass is 538 g/mol. The lowest BCUT2D eigenvalue weighted by molar-refractivity contribution is 0.918. The van der Waals surface area contributed by atoms with Gasteiger partial charge in [0.05, 0.1) is 0 Å². The number of allylic oxidation sites excluding steroid dienone is 24. The van der Waals surface area contributed by atoms with E-state index in [4.69, 9.17) is 0 Å². The summed E-state index contributed by atoms with van der Waals surface area (Å²) in [6.07, 6.45) is 41.8. The van der Waals surface area contributed by atoms with E-state index >= 15 is 0 Å². The second-order valence-electron chi connectivity index (χ2n) is 11.4. The summed E-state index contributed by atoms with van der Waals surface area (Å²) in [4.78, 5) is 0. The second-order valence-corrected chi connectivity index (χ2v) is 11.4. The Morgan fingerprint density at radius 3 is 1.07 bits per heavy atom. The van der Waals surface area contributed by atoms with Gasteiger partial charge >= 0.3 is 0 Å². The molecule has 0 aromatic heterocycles. The first-order chi connectivity index (χ1) is 19.0. The third-order valence-corrected chi connectivity index (χ3v) is 6.24. The van der Waals surface area contributed by atoms with Gasteiger partial charge in [0.15, 0.2) is 0 Å². The van der Waals surface area contributed by atoms with E-state index in [-0.39, 0.29) is 0 Å². The van der Waals surface area contributed by atoms with E-state index in [2.05, 4.69) is 166 Å². The van der Waals surface area contributed by atoms with Gasteiger partial charge in [-0.15, -0.1) is 0 Å². The van der Waals surface area contributed by atoms with Crippen LogP contribution in [0.4, 0.5) is 0 Å². The van der Waals surface area contributed by atoms with Gasteiger partial charge in [-0.3, -0.25) is 0 Å². The molecule has 0 radical (unpaired) electrons. The van der Waals surface area contributed by atoms with Gasteiger partial charge in [-0.25, -0.2) is 0 Å². The molecule has 0 heteroatoms. The zero-order chi connectivity index (χ0) is 30.2. The van der Waals surface area contributed by atoms with Gasteiger partial charge in [-0.1, -0.05) is 142 Å². The van der Waals surface area contributed by atoms with Crippen LogP contribution in [0.2, 0.25) is 0 Å². The van der Waals surface area contributed by atoms with Crippen molar-refractivity contribution in [1.29, 1.82) is 0 Å². The highest BCUT2D eigenvalue weighted by Crippen LogP contribution is 2.12. The van der Waals surface area contributed by atoms with Crippen LogP contribution in [-0.2, 0) is 0 Å². The van der Waals surface area contributed by atoms with Gasteiger partial charge in [-0.05, 0) is 108 Å². The minimum absolute atomic E-state index is 1.11. The Hall–Kier alpha value is -3.12. The lowest BCUT2D eigenvalue weighted by Gasteiger charge is -2.00. The van der Waals surface area contributed by atoms with Crippen LogP contribution < -0.4 is 0 Å². The molecule has 40 heavy (non-hydrogen) atoms. The lowest BCUT2D eigenvalue weighted by atomic mass is 10.1. The molecule has 0 heterocycles. The molecule has 0 atom stereocenters. The summed E-state index contributed by atoms with van der Waals surface area (Å²) in [5.41, 5.74) is 10.8. The van der Waals surface area contributed by atoms with Gasteiger partial charge in [0, 0.05) is 0 Å². The summed E-state index contributed by atoms with van der Waals surface area (Å²) in [6, 6.07) is 0. The average molecular weight is 539 g/mol. The second kappa shape index (κ2) is 23.7. The Balaban J connectivity index is 4.60. The van der Waals surface area contributed by atoms with Gasteiger partial charge in [-0.2, -0.15) is 0 Å². The molecule has 0 unspecified atom stereocenters. The standard InChI is InChI=1S/C40H58/c1-33(2)19-13-23-37(7)27-17-31-39(9)29-15-25-35(5)21-11-12-22-36(6)26-16-30-40(10)32-18-28-38(8)24-14-20-34(3)4/h11-12,15-17,19-22,25-31H,13-14,18,23-24,32H2,1-10H3/b12-11+,25-15+,26-16+,31-17+,35-21-,36-22-,37-27+,38-28+,39-29-,40-30+. The summed E-state index contributed by atoms with van der Waals surface area (Å²) in [6.45, 7) is 21.7. The molecule has 0 saturated carbocycles. The van der Waals surface area contributed by atoms with Crippen molar-refractivity contribution in [2.24, 2.45) is 0 Å². The molecule has 0 fully saturated rings.